The minimum absolute atomic E-state index is 0. The Morgan fingerprint density at radius 2 is 2.09 bits per heavy atom. The third kappa shape index (κ3) is 1.99. The first-order chi connectivity index (χ1) is 4.46. The molecule has 0 saturated heterocycles. The van der Waals surface area contributed by atoms with Gasteiger partial charge in [-0.3, -0.25) is 0 Å². The molecule has 1 aliphatic rings. The van der Waals surface area contributed by atoms with Crippen molar-refractivity contribution in [3.05, 3.63) is 12.2 Å². The Balaban J connectivity index is 0.000001000. The molecule has 1 heterocycles. The zero-order valence-electron chi connectivity index (χ0n) is 5.10. The molecule has 0 amide bonds. The second-order valence-corrected chi connectivity index (χ2v) is 4.40. The van der Waals surface area contributed by atoms with Gasteiger partial charge >= 0.3 is 75.6 Å². The molecule has 0 aliphatic carbocycles. The summed E-state index contributed by atoms with van der Waals surface area (Å²) in [6, 6.07) is 0. The van der Waals surface area contributed by atoms with Gasteiger partial charge in [-0.2, -0.15) is 0 Å². The molecule has 0 spiro atoms. The SMILES string of the molecule is [Cu+].[O]=[V](=[O])([O-])[C]1(O)C=CC=N1. The van der Waals surface area contributed by atoms with E-state index in [0.29, 0.717) is 0 Å². The van der Waals surface area contributed by atoms with Gasteiger partial charge in [0.1, 0.15) is 0 Å². The van der Waals surface area contributed by atoms with Crippen LogP contribution in [0.25, 0.3) is 0 Å². The molecule has 1 rings (SSSR count). The molecule has 0 aromatic rings. The van der Waals surface area contributed by atoms with Crippen molar-refractivity contribution in [3.63, 3.8) is 0 Å². The summed E-state index contributed by atoms with van der Waals surface area (Å²) in [7, 11) is 0. The van der Waals surface area contributed by atoms with E-state index in [-0.39, 0.29) is 17.1 Å². The fourth-order valence-corrected chi connectivity index (χ4v) is 1.27. The number of nitrogens with zero attached hydrogens (tertiary/aromatic N) is 1. The predicted molar refractivity (Wildman–Crippen MR) is 24.0 cm³/mol. The molecule has 0 aromatic heterocycles. The predicted octanol–water partition coefficient (Wildman–Crippen LogP) is -1.61. The van der Waals surface area contributed by atoms with E-state index in [0.717, 1.165) is 12.3 Å². The molecule has 7 heteroatoms. The van der Waals surface area contributed by atoms with Crippen molar-refractivity contribution in [2.75, 3.05) is 0 Å². The van der Waals surface area contributed by atoms with Crippen molar-refractivity contribution in [3.8, 4) is 0 Å². The minimum atomic E-state index is -5.65. The first-order valence-electron chi connectivity index (χ1n) is 2.43. The van der Waals surface area contributed by atoms with Gasteiger partial charge in [-0.05, 0) is 0 Å². The quantitative estimate of drug-likeness (QED) is 0.562. The Morgan fingerprint density at radius 1 is 1.55 bits per heavy atom. The Bertz CT molecular complexity index is 281. The van der Waals surface area contributed by atoms with Crippen molar-refractivity contribution < 1.29 is 47.8 Å². The van der Waals surface area contributed by atoms with Gasteiger partial charge in [0.2, 0.25) is 0 Å². The summed E-state index contributed by atoms with van der Waals surface area (Å²) < 4.78 is 28.3. The maximum absolute atomic E-state index is 10.3. The van der Waals surface area contributed by atoms with Crippen LogP contribution in [0.3, 0.4) is 0 Å². The Labute approximate surface area is 75.7 Å². The van der Waals surface area contributed by atoms with Gasteiger partial charge in [-0.1, -0.05) is 0 Å². The van der Waals surface area contributed by atoms with Gasteiger partial charge < -0.3 is 0 Å². The van der Waals surface area contributed by atoms with Crippen molar-refractivity contribution >= 4 is 6.21 Å². The van der Waals surface area contributed by atoms with Gasteiger partial charge in [0.25, 0.3) is 0 Å². The number of aliphatic hydroxyl groups is 1. The van der Waals surface area contributed by atoms with E-state index in [1.165, 1.54) is 6.08 Å². The molecular weight excluding hydrogens is 241 g/mol. The number of rotatable bonds is 1. The average molecular weight is 245 g/mol. The van der Waals surface area contributed by atoms with Crippen LogP contribution >= 0.6 is 0 Å². The molecule has 65 valence electrons. The van der Waals surface area contributed by atoms with Crippen LogP contribution in [0.1, 0.15) is 0 Å². The van der Waals surface area contributed by atoms with Crippen LogP contribution < -0.4 is 4.03 Å². The summed E-state index contributed by atoms with van der Waals surface area (Å²) in [5.74, 6) is 0. The molecule has 0 aromatic carbocycles. The Hall–Kier alpha value is 0.0339. The standard InChI is InChI=1S/C4H4NO.Cu.3O.V/c6-4-2-1-3-5-4;;;;;/h1-3,6H;;;;;/q;+1;;;-1;. The van der Waals surface area contributed by atoms with Crippen LogP contribution in [-0.4, -0.2) is 15.8 Å². The molecule has 0 fully saturated rings. The van der Waals surface area contributed by atoms with Gasteiger partial charge in [0, 0.05) is 0 Å². The average Bonchev–Trinajstić information content (AvgIpc) is 2.13. The Morgan fingerprint density at radius 3 is 2.27 bits per heavy atom. The second-order valence-electron chi connectivity index (χ2n) is 1.82. The second kappa shape index (κ2) is 3.19. The van der Waals surface area contributed by atoms with Crippen molar-refractivity contribution in [2.24, 2.45) is 4.99 Å². The molecular formula is C4H4CuNO4V. The molecule has 1 unspecified atom stereocenters. The van der Waals surface area contributed by atoms with E-state index < -0.39 is 18.7 Å². The molecule has 1 aliphatic heterocycles. The summed E-state index contributed by atoms with van der Waals surface area (Å²) in [6.45, 7) is 0. The van der Waals surface area contributed by atoms with Gasteiger partial charge in [0.05, 0.1) is 0 Å². The van der Waals surface area contributed by atoms with E-state index in [1.54, 1.807) is 0 Å². The molecule has 1 atom stereocenters. The Kier molecular flexibility index (Phi) is 3.20. The number of hydrogen-bond acceptors (Lipinski definition) is 5. The summed E-state index contributed by atoms with van der Waals surface area (Å²) in [5.41, 5.74) is 0. The normalized spacial score (nSPS) is 28.5. The van der Waals surface area contributed by atoms with Gasteiger partial charge in [-0.25, -0.2) is 0 Å². The topological polar surface area (TPSA) is 89.8 Å². The summed E-state index contributed by atoms with van der Waals surface area (Å²) in [6.07, 6.45) is 3.14. The summed E-state index contributed by atoms with van der Waals surface area (Å²) in [5, 5.41) is 8.88. The van der Waals surface area contributed by atoms with Crippen LogP contribution in [-0.2, 0) is 38.7 Å². The number of hydrogen-bond donors (Lipinski definition) is 1. The third-order valence-electron chi connectivity index (χ3n) is 1.07. The molecule has 0 bridgehead atoms. The van der Waals surface area contributed by atoms with Gasteiger partial charge in [-0.15, -0.1) is 0 Å². The fraction of sp³-hybridized carbons (Fsp3) is 0.250. The fourth-order valence-electron chi connectivity index (χ4n) is 0.530. The van der Waals surface area contributed by atoms with Gasteiger partial charge in [0.15, 0.2) is 0 Å². The maximum atomic E-state index is 10.3. The van der Waals surface area contributed by atoms with Crippen LogP contribution in [0.15, 0.2) is 17.1 Å². The molecule has 11 heavy (non-hydrogen) atoms. The van der Waals surface area contributed by atoms with E-state index in [9.17, 15) is 11.4 Å². The van der Waals surface area contributed by atoms with Crippen molar-refractivity contribution in [1.82, 2.24) is 0 Å². The third-order valence-corrected chi connectivity index (χ3v) is 2.75. The molecule has 0 radical (unpaired) electrons. The van der Waals surface area contributed by atoms with E-state index in [2.05, 4.69) is 4.99 Å². The van der Waals surface area contributed by atoms with E-state index in [4.69, 9.17) is 5.11 Å². The van der Waals surface area contributed by atoms with E-state index in [1.807, 2.05) is 0 Å². The van der Waals surface area contributed by atoms with Crippen LogP contribution in [0, 0.1) is 0 Å². The van der Waals surface area contributed by atoms with Crippen LogP contribution in [0.4, 0.5) is 0 Å². The first-order valence-corrected chi connectivity index (χ1v) is 4.84. The summed E-state index contributed by atoms with van der Waals surface area (Å²) in [4.78, 5) is 3.10. The number of aliphatic imine (C=N–C) groups is 1. The van der Waals surface area contributed by atoms with Crippen molar-refractivity contribution in [2.45, 2.75) is 4.44 Å². The van der Waals surface area contributed by atoms with Crippen molar-refractivity contribution in [1.29, 1.82) is 0 Å². The van der Waals surface area contributed by atoms with Crippen LogP contribution in [0.2, 0.25) is 0 Å². The molecule has 1 N–H and O–H groups in total. The first kappa shape index (κ1) is 11.0. The van der Waals surface area contributed by atoms with Crippen LogP contribution in [0.5, 0.6) is 0 Å². The zero-order chi connectivity index (χ0) is 7.83. The monoisotopic (exact) mass is 244 g/mol. The summed E-state index contributed by atoms with van der Waals surface area (Å²) >= 11 is -5.65. The number of allylic oxidation sites excluding steroid dienone is 1. The molecule has 5 nitrogen and oxygen atoms in total. The molecule has 0 saturated carbocycles. The van der Waals surface area contributed by atoms with E-state index >= 15 is 0 Å². The zero-order valence-corrected chi connectivity index (χ0v) is 7.44.